The van der Waals surface area contributed by atoms with E-state index in [2.05, 4.69) is 17.2 Å². The van der Waals surface area contributed by atoms with Crippen molar-refractivity contribution in [3.05, 3.63) is 23.8 Å². The van der Waals surface area contributed by atoms with Crippen LogP contribution >= 0.6 is 12.2 Å². The van der Waals surface area contributed by atoms with Crippen molar-refractivity contribution >= 4 is 23.3 Å². The van der Waals surface area contributed by atoms with Gasteiger partial charge in [0.1, 0.15) is 11.5 Å². The molecule has 0 fully saturated rings. The number of thiocarbonyl (C=S) groups is 1. The van der Waals surface area contributed by atoms with Gasteiger partial charge in [0.25, 0.3) is 5.91 Å². The summed E-state index contributed by atoms with van der Waals surface area (Å²) in [6, 6.07) is 4.86. The molecule has 0 aliphatic heterocycles. The van der Waals surface area contributed by atoms with Crippen molar-refractivity contribution in [1.29, 1.82) is 0 Å². The first-order valence-electron chi connectivity index (χ1n) is 4.07. The van der Waals surface area contributed by atoms with E-state index in [-0.39, 0.29) is 0 Å². The molecule has 0 spiro atoms. The van der Waals surface area contributed by atoms with Crippen molar-refractivity contribution in [2.45, 2.75) is 0 Å². The molecule has 0 heterocycles. The lowest BCUT2D eigenvalue weighted by Gasteiger charge is -2.06. The van der Waals surface area contributed by atoms with Gasteiger partial charge in [-0.15, -0.1) is 0 Å². The second-order valence-electron chi connectivity index (χ2n) is 2.57. The summed E-state index contributed by atoms with van der Waals surface area (Å²) in [5, 5.41) is 2.02. The Morgan fingerprint density at radius 3 is 2.67 bits per heavy atom. The van der Waals surface area contributed by atoms with Gasteiger partial charge < -0.3 is 9.47 Å². The molecule has 0 atom stereocenters. The summed E-state index contributed by atoms with van der Waals surface area (Å²) in [6.07, 6.45) is 0. The highest BCUT2D eigenvalue weighted by Crippen LogP contribution is 2.24. The predicted molar refractivity (Wildman–Crippen MR) is 58.9 cm³/mol. The maximum atomic E-state index is 11.5. The maximum Gasteiger partial charge on any atom is 0.289 e. The van der Waals surface area contributed by atoms with Crippen molar-refractivity contribution in [3.63, 3.8) is 0 Å². The summed E-state index contributed by atoms with van der Waals surface area (Å²) in [7, 11) is 2.98. The first-order valence-corrected chi connectivity index (χ1v) is 4.48. The fourth-order valence-electron chi connectivity index (χ4n) is 1.08. The third kappa shape index (κ3) is 2.62. The number of hydrogen-bond acceptors (Lipinski definition) is 4. The molecule has 1 rings (SSSR count). The van der Waals surface area contributed by atoms with Gasteiger partial charge in [-0.05, 0) is 30.4 Å². The fourth-order valence-corrected chi connectivity index (χ4v) is 1.17. The monoisotopic (exact) mass is 223 g/mol. The highest BCUT2D eigenvalue weighted by atomic mass is 32.1. The molecule has 78 valence electrons. The second-order valence-corrected chi connectivity index (χ2v) is 2.76. The van der Waals surface area contributed by atoms with E-state index < -0.39 is 5.91 Å². The van der Waals surface area contributed by atoms with E-state index in [9.17, 15) is 4.79 Å². The number of benzene rings is 1. The number of hydrogen-bond donors (Lipinski definition) is 0. The third-order valence-corrected chi connectivity index (χ3v) is 1.88. The zero-order valence-corrected chi connectivity index (χ0v) is 9.13. The van der Waals surface area contributed by atoms with E-state index in [0.29, 0.717) is 17.1 Å². The Bertz CT molecular complexity index is 425. The van der Waals surface area contributed by atoms with E-state index in [1.807, 2.05) is 5.16 Å². The molecule has 1 aromatic rings. The molecule has 1 aromatic carbocycles. The summed E-state index contributed by atoms with van der Waals surface area (Å²) in [6.45, 7) is 0. The Morgan fingerprint density at radius 2 is 2.13 bits per heavy atom. The molecule has 0 saturated heterocycles. The smallest absolute Gasteiger partial charge is 0.289 e. The summed E-state index contributed by atoms with van der Waals surface area (Å²) in [5.41, 5.74) is 0.300. The molecule has 0 saturated carbocycles. The number of carbonyl (C=O) groups is 1. The van der Waals surface area contributed by atoms with Crippen molar-refractivity contribution in [2.75, 3.05) is 14.2 Å². The van der Waals surface area contributed by atoms with Crippen LogP contribution in [0.25, 0.3) is 0 Å². The zero-order valence-electron chi connectivity index (χ0n) is 8.31. The van der Waals surface area contributed by atoms with Crippen molar-refractivity contribution < 1.29 is 14.3 Å². The first-order chi connectivity index (χ1) is 7.22. The fraction of sp³-hybridized carbons (Fsp3) is 0.200. The molecule has 0 bridgehead atoms. The Hall–Kier alpha value is -1.71. The standard InChI is InChI=1S/C10H9NO3S/c1-13-7-3-4-9(14-2)8(5-7)10(12)11-6-15/h3-5H,1-2H3. The van der Waals surface area contributed by atoms with Gasteiger partial charge in [0.15, 0.2) is 0 Å². The van der Waals surface area contributed by atoms with E-state index >= 15 is 0 Å². The number of ether oxygens (including phenoxy) is 2. The lowest BCUT2D eigenvalue weighted by molar-refractivity contribution is 0.100. The normalized spacial score (nSPS) is 8.93. The van der Waals surface area contributed by atoms with Crippen molar-refractivity contribution in [1.82, 2.24) is 0 Å². The summed E-state index contributed by atoms with van der Waals surface area (Å²) in [4.78, 5) is 14.8. The van der Waals surface area contributed by atoms with Gasteiger partial charge in [-0.2, -0.15) is 4.99 Å². The molecule has 4 nitrogen and oxygen atoms in total. The van der Waals surface area contributed by atoms with Crippen molar-refractivity contribution in [3.8, 4) is 11.5 Å². The van der Waals surface area contributed by atoms with Gasteiger partial charge in [0, 0.05) is 0 Å². The Balaban J connectivity index is 3.22. The van der Waals surface area contributed by atoms with Crippen LogP contribution in [0.2, 0.25) is 0 Å². The Labute approximate surface area is 92.5 Å². The molecular formula is C10H9NO3S. The third-order valence-electron chi connectivity index (χ3n) is 1.78. The van der Waals surface area contributed by atoms with Crippen LogP contribution in [-0.4, -0.2) is 25.3 Å². The van der Waals surface area contributed by atoms with E-state index in [1.54, 1.807) is 12.1 Å². The van der Waals surface area contributed by atoms with Crippen LogP contribution in [0.5, 0.6) is 11.5 Å². The molecule has 5 heteroatoms. The second kappa shape index (κ2) is 5.24. The molecule has 0 aromatic heterocycles. The van der Waals surface area contributed by atoms with Crippen LogP contribution in [0.3, 0.4) is 0 Å². The average molecular weight is 223 g/mol. The van der Waals surface area contributed by atoms with Gasteiger partial charge in [-0.25, -0.2) is 0 Å². The SMILES string of the molecule is COc1ccc(OC)c(C(=O)N=C=S)c1. The Morgan fingerprint density at radius 1 is 1.40 bits per heavy atom. The van der Waals surface area contributed by atoms with Crippen LogP contribution < -0.4 is 9.47 Å². The van der Waals surface area contributed by atoms with Gasteiger partial charge in [-0.3, -0.25) is 4.79 Å². The molecule has 0 N–H and O–H groups in total. The van der Waals surface area contributed by atoms with Gasteiger partial charge in [0.05, 0.1) is 24.9 Å². The largest absolute Gasteiger partial charge is 0.497 e. The molecule has 0 unspecified atom stereocenters. The molecule has 0 aliphatic carbocycles. The first kappa shape index (κ1) is 11.4. The molecule has 1 amide bonds. The quantitative estimate of drug-likeness (QED) is 0.580. The number of amides is 1. The lowest BCUT2D eigenvalue weighted by atomic mass is 10.2. The highest BCUT2D eigenvalue weighted by Gasteiger charge is 2.12. The number of nitrogens with zero attached hydrogens (tertiary/aromatic N) is 1. The van der Waals surface area contributed by atoms with Crippen LogP contribution in [-0.2, 0) is 0 Å². The van der Waals surface area contributed by atoms with Gasteiger partial charge in [0.2, 0.25) is 0 Å². The number of isothiocyanates is 1. The van der Waals surface area contributed by atoms with E-state index in [0.717, 1.165) is 0 Å². The van der Waals surface area contributed by atoms with Gasteiger partial charge in [-0.1, -0.05) is 0 Å². The highest BCUT2D eigenvalue weighted by molar-refractivity contribution is 7.78. The molecule has 0 aliphatic rings. The lowest BCUT2D eigenvalue weighted by Crippen LogP contribution is -1.99. The van der Waals surface area contributed by atoms with E-state index in [4.69, 9.17) is 9.47 Å². The van der Waals surface area contributed by atoms with Gasteiger partial charge >= 0.3 is 0 Å². The minimum absolute atomic E-state index is 0.300. The number of rotatable bonds is 3. The minimum atomic E-state index is -0.499. The van der Waals surface area contributed by atoms with Crippen LogP contribution in [0, 0.1) is 0 Å². The topological polar surface area (TPSA) is 47.9 Å². The molecular weight excluding hydrogens is 214 g/mol. The predicted octanol–water partition coefficient (Wildman–Crippen LogP) is 1.95. The minimum Gasteiger partial charge on any atom is -0.497 e. The average Bonchev–Trinajstić information content (AvgIpc) is 2.28. The number of methoxy groups -OCH3 is 2. The van der Waals surface area contributed by atoms with Crippen LogP contribution in [0.15, 0.2) is 23.2 Å². The van der Waals surface area contributed by atoms with E-state index in [1.165, 1.54) is 20.3 Å². The molecule has 0 radical (unpaired) electrons. The molecule has 15 heavy (non-hydrogen) atoms. The summed E-state index contributed by atoms with van der Waals surface area (Å²) >= 11 is 4.36. The Kier molecular flexibility index (Phi) is 3.97. The summed E-state index contributed by atoms with van der Waals surface area (Å²) < 4.78 is 10.0. The number of carbonyl (C=O) groups excluding carboxylic acids is 1. The van der Waals surface area contributed by atoms with Crippen LogP contribution in [0.4, 0.5) is 0 Å². The summed E-state index contributed by atoms with van der Waals surface area (Å²) in [5.74, 6) is 0.481. The zero-order chi connectivity index (χ0) is 11.3. The van der Waals surface area contributed by atoms with Crippen LogP contribution in [0.1, 0.15) is 10.4 Å². The number of aliphatic imine (C=N–C) groups is 1. The van der Waals surface area contributed by atoms with Crippen molar-refractivity contribution in [2.24, 2.45) is 4.99 Å². The maximum absolute atomic E-state index is 11.5.